The minimum Gasteiger partial charge on any atom is -0.345 e. The Morgan fingerprint density at radius 1 is 1.28 bits per heavy atom. The highest BCUT2D eigenvalue weighted by molar-refractivity contribution is 6.30. The van der Waals surface area contributed by atoms with Crippen LogP contribution in [0, 0.1) is 0 Å². The van der Waals surface area contributed by atoms with Crippen LogP contribution in [0.15, 0.2) is 48.5 Å². The summed E-state index contributed by atoms with van der Waals surface area (Å²) < 4.78 is 0. The molecule has 3 rings (SSSR count). The molecule has 1 aliphatic rings. The number of carbonyl (C=O) groups is 2. The molecule has 0 bridgehead atoms. The lowest BCUT2D eigenvalue weighted by Gasteiger charge is -2.18. The molecule has 1 aliphatic heterocycles. The molecule has 2 aromatic rings. The van der Waals surface area contributed by atoms with E-state index in [9.17, 15) is 9.59 Å². The van der Waals surface area contributed by atoms with Gasteiger partial charge in [0.1, 0.15) is 0 Å². The van der Waals surface area contributed by atoms with Crippen molar-refractivity contribution < 1.29 is 9.59 Å². The molecule has 2 N–H and O–H groups in total. The van der Waals surface area contributed by atoms with E-state index < -0.39 is 0 Å². The number of carbonyl (C=O) groups excluding carboxylic acids is 2. The third-order valence-electron chi connectivity index (χ3n) is 4.26. The zero-order valence-electron chi connectivity index (χ0n) is 14.0. The van der Waals surface area contributed by atoms with Gasteiger partial charge in [0.2, 0.25) is 0 Å². The molecule has 2 aromatic carbocycles. The minimum atomic E-state index is -0.149. The number of halogens is 1. The summed E-state index contributed by atoms with van der Waals surface area (Å²) >= 11 is 6.04. The van der Waals surface area contributed by atoms with E-state index in [0.29, 0.717) is 23.7 Å². The quantitative estimate of drug-likeness (QED) is 0.856. The Morgan fingerprint density at radius 2 is 2.04 bits per heavy atom. The summed E-state index contributed by atoms with van der Waals surface area (Å²) in [5, 5.41) is 6.44. The van der Waals surface area contributed by atoms with Gasteiger partial charge in [0.05, 0.1) is 6.04 Å². The van der Waals surface area contributed by atoms with E-state index in [1.165, 1.54) is 0 Å². The summed E-state index contributed by atoms with van der Waals surface area (Å²) in [6, 6.07) is 14.4. The van der Waals surface area contributed by atoms with Crippen LogP contribution in [0.4, 0.5) is 10.5 Å². The number of hydrogen-bond acceptors (Lipinski definition) is 2. The van der Waals surface area contributed by atoms with Gasteiger partial charge in [-0.05, 0) is 48.4 Å². The number of hydrogen-bond donors (Lipinski definition) is 2. The van der Waals surface area contributed by atoms with Crippen molar-refractivity contribution in [3.63, 3.8) is 0 Å². The third kappa shape index (κ3) is 3.94. The van der Waals surface area contributed by atoms with Gasteiger partial charge in [0.25, 0.3) is 5.91 Å². The van der Waals surface area contributed by atoms with Crippen molar-refractivity contribution >= 4 is 29.2 Å². The summed E-state index contributed by atoms with van der Waals surface area (Å²) in [4.78, 5) is 25.9. The fraction of sp³-hybridized carbons (Fsp3) is 0.263. The van der Waals surface area contributed by atoms with Gasteiger partial charge in [0, 0.05) is 29.4 Å². The van der Waals surface area contributed by atoms with Crippen LogP contribution < -0.4 is 15.5 Å². The SMILES string of the molecule is CCC(NC(=O)c1ccc(N2CCNC2=O)cc1)c1cccc(Cl)c1. The monoisotopic (exact) mass is 357 g/mol. The first-order valence-electron chi connectivity index (χ1n) is 8.30. The molecule has 5 nitrogen and oxygen atoms in total. The van der Waals surface area contributed by atoms with Gasteiger partial charge in [-0.3, -0.25) is 9.69 Å². The van der Waals surface area contributed by atoms with E-state index in [4.69, 9.17) is 11.6 Å². The summed E-state index contributed by atoms with van der Waals surface area (Å²) in [7, 11) is 0. The fourth-order valence-corrected chi connectivity index (χ4v) is 3.10. The third-order valence-corrected chi connectivity index (χ3v) is 4.50. The molecular weight excluding hydrogens is 338 g/mol. The zero-order valence-corrected chi connectivity index (χ0v) is 14.7. The lowest BCUT2D eigenvalue weighted by molar-refractivity contribution is 0.0935. The van der Waals surface area contributed by atoms with Crippen LogP contribution in [0.1, 0.15) is 35.3 Å². The van der Waals surface area contributed by atoms with Gasteiger partial charge >= 0.3 is 6.03 Å². The van der Waals surface area contributed by atoms with Gasteiger partial charge in [-0.1, -0.05) is 30.7 Å². The molecule has 1 atom stereocenters. The van der Waals surface area contributed by atoms with Gasteiger partial charge < -0.3 is 10.6 Å². The van der Waals surface area contributed by atoms with Crippen LogP contribution in [0.2, 0.25) is 5.02 Å². The van der Waals surface area contributed by atoms with Gasteiger partial charge in [0.15, 0.2) is 0 Å². The topological polar surface area (TPSA) is 61.4 Å². The summed E-state index contributed by atoms with van der Waals surface area (Å²) in [5.41, 5.74) is 2.32. The van der Waals surface area contributed by atoms with Gasteiger partial charge in [-0.2, -0.15) is 0 Å². The standard InChI is InChI=1S/C19H20ClN3O2/c1-2-17(14-4-3-5-15(20)12-14)22-18(24)13-6-8-16(9-7-13)23-11-10-21-19(23)25/h3-9,12,17H,2,10-11H2,1H3,(H,21,25)(H,22,24). The molecular formula is C19H20ClN3O2. The van der Waals surface area contributed by atoms with Crippen molar-refractivity contribution in [1.29, 1.82) is 0 Å². The average Bonchev–Trinajstić information content (AvgIpc) is 3.05. The molecule has 0 radical (unpaired) electrons. The second-order valence-electron chi connectivity index (χ2n) is 5.92. The number of anilines is 1. The van der Waals surface area contributed by atoms with E-state index in [2.05, 4.69) is 10.6 Å². The van der Waals surface area contributed by atoms with E-state index in [1.54, 1.807) is 29.2 Å². The van der Waals surface area contributed by atoms with Crippen molar-refractivity contribution in [2.75, 3.05) is 18.0 Å². The Bertz CT molecular complexity index is 776. The molecule has 0 aliphatic carbocycles. The Morgan fingerprint density at radius 3 is 2.64 bits per heavy atom. The number of urea groups is 1. The molecule has 1 unspecified atom stereocenters. The number of amides is 3. The average molecular weight is 358 g/mol. The van der Waals surface area contributed by atoms with Crippen LogP contribution in [0.25, 0.3) is 0 Å². The van der Waals surface area contributed by atoms with Crippen molar-refractivity contribution in [3.05, 3.63) is 64.7 Å². The van der Waals surface area contributed by atoms with E-state index in [0.717, 1.165) is 17.7 Å². The highest BCUT2D eigenvalue weighted by atomic mass is 35.5. The Kier molecular flexibility index (Phi) is 5.24. The Hall–Kier alpha value is -2.53. The number of rotatable bonds is 5. The van der Waals surface area contributed by atoms with Crippen LogP contribution in [0.5, 0.6) is 0 Å². The fourth-order valence-electron chi connectivity index (χ4n) is 2.90. The predicted octanol–water partition coefficient (Wildman–Crippen LogP) is 3.75. The van der Waals surface area contributed by atoms with Gasteiger partial charge in [-0.15, -0.1) is 0 Å². The second kappa shape index (κ2) is 7.57. The summed E-state index contributed by atoms with van der Waals surface area (Å²) in [6.45, 7) is 3.29. The summed E-state index contributed by atoms with van der Waals surface area (Å²) in [6.07, 6.45) is 0.762. The maximum Gasteiger partial charge on any atom is 0.321 e. The first-order valence-corrected chi connectivity index (χ1v) is 8.68. The summed E-state index contributed by atoms with van der Waals surface area (Å²) in [5.74, 6) is -0.149. The predicted molar refractivity (Wildman–Crippen MR) is 99.1 cm³/mol. The van der Waals surface area contributed by atoms with Gasteiger partial charge in [-0.25, -0.2) is 4.79 Å². The van der Waals surface area contributed by atoms with Crippen LogP contribution >= 0.6 is 11.6 Å². The molecule has 130 valence electrons. The molecule has 6 heteroatoms. The van der Waals surface area contributed by atoms with Crippen LogP contribution in [0.3, 0.4) is 0 Å². The normalized spacial score (nSPS) is 15.0. The maximum atomic E-state index is 12.5. The molecule has 1 fully saturated rings. The number of nitrogens with one attached hydrogen (secondary N) is 2. The lowest BCUT2D eigenvalue weighted by Crippen LogP contribution is -2.29. The molecule has 25 heavy (non-hydrogen) atoms. The van der Waals surface area contributed by atoms with Crippen molar-refractivity contribution in [2.45, 2.75) is 19.4 Å². The maximum absolute atomic E-state index is 12.5. The first kappa shape index (κ1) is 17.3. The van der Waals surface area contributed by atoms with E-state index in [-0.39, 0.29) is 18.0 Å². The van der Waals surface area contributed by atoms with Crippen molar-refractivity contribution in [3.8, 4) is 0 Å². The highest BCUT2D eigenvalue weighted by Gasteiger charge is 2.21. The smallest absolute Gasteiger partial charge is 0.321 e. The molecule has 0 aromatic heterocycles. The van der Waals surface area contributed by atoms with Crippen LogP contribution in [-0.4, -0.2) is 25.0 Å². The van der Waals surface area contributed by atoms with Crippen LogP contribution in [-0.2, 0) is 0 Å². The number of nitrogens with zero attached hydrogens (tertiary/aromatic N) is 1. The molecule has 1 heterocycles. The minimum absolute atomic E-state index is 0.102. The number of benzene rings is 2. The lowest BCUT2D eigenvalue weighted by atomic mass is 10.0. The zero-order chi connectivity index (χ0) is 17.8. The van der Waals surface area contributed by atoms with E-state index in [1.807, 2.05) is 31.2 Å². The first-order chi connectivity index (χ1) is 12.1. The molecule has 0 saturated carbocycles. The largest absolute Gasteiger partial charge is 0.345 e. The Balaban J connectivity index is 1.71. The Labute approximate surface area is 152 Å². The van der Waals surface area contributed by atoms with Crippen molar-refractivity contribution in [1.82, 2.24) is 10.6 Å². The highest BCUT2D eigenvalue weighted by Crippen LogP contribution is 2.22. The molecule has 3 amide bonds. The van der Waals surface area contributed by atoms with Crippen molar-refractivity contribution in [2.24, 2.45) is 0 Å². The molecule has 1 saturated heterocycles. The second-order valence-corrected chi connectivity index (χ2v) is 6.36. The molecule has 0 spiro atoms. The van der Waals surface area contributed by atoms with E-state index >= 15 is 0 Å².